The van der Waals surface area contributed by atoms with E-state index >= 15 is 0 Å². The van der Waals surface area contributed by atoms with Gasteiger partial charge in [-0.1, -0.05) is 6.42 Å². The van der Waals surface area contributed by atoms with Crippen LogP contribution in [0.25, 0.3) is 0 Å². The summed E-state index contributed by atoms with van der Waals surface area (Å²) in [6.07, 6.45) is 2.16. The van der Waals surface area contributed by atoms with Crippen LogP contribution >= 0.6 is 136 Å². The molecule has 16 nitrogen and oxygen atoms in total. The van der Waals surface area contributed by atoms with Crippen molar-refractivity contribution in [1.82, 2.24) is 0 Å². The number of carbonyl (C=O) groups excluding carboxylic acids is 5. The molecule has 0 aliphatic heterocycles. The maximum atomic E-state index is 11.4. The van der Waals surface area contributed by atoms with Crippen molar-refractivity contribution in [2.24, 2.45) is 11.5 Å². The summed E-state index contributed by atoms with van der Waals surface area (Å²) >= 11 is 11.3. The number of hydrogen-bond acceptors (Lipinski definition) is 10. The van der Waals surface area contributed by atoms with Crippen molar-refractivity contribution in [2.75, 3.05) is 27.8 Å². The van der Waals surface area contributed by atoms with E-state index < -0.39 is 23.9 Å². The molecule has 0 aliphatic rings. The van der Waals surface area contributed by atoms with Crippen LogP contribution < -0.4 is 67.4 Å². The first kappa shape index (κ1) is 53.1. The Labute approximate surface area is 397 Å². The fourth-order valence-corrected chi connectivity index (χ4v) is 11.8. The fraction of sp³-hybridized carbons (Fsp3) is 0.321. The van der Waals surface area contributed by atoms with Gasteiger partial charge in [-0.25, -0.2) is 4.79 Å². The molecule has 0 bridgehead atoms. The maximum absolute atomic E-state index is 11.4. The Bertz CT molecular complexity index is 1490. The third-order valence-corrected chi connectivity index (χ3v) is 12.0. The Morgan fingerprint density at radius 2 is 0.902 bits per heavy atom. The van der Waals surface area contributed by atoms with Crippen LogP contribution in [0.3, 0.4) is 0 Å². The van der Waals surface area contributed by atoms with Crippen molar-refractivity contribution in [3.8, 4) is 0 Å². The van der Waals surface area contributed by atoms with Crippen molar-refractivity contribution in [3.05, 3.63) is 32.5 Å². The number of halogens is 6. The second-order valence-corrected chi connectivity index (χ2v) is 16.2. The van der Waals surface area contributed by atoms with Crippen molar-refractivity contribution in [2.45, 2.75) is 53.0 Å². The molecule has 1 atom stereocenters. The third-order valence-electron chi connectivity index (χ3n) is 5.54. The Morgan fingerprint density at radius 3 is 1.12 bits per heavy atom. The largest absolute Gasteiger partial charge is 1.00 e. The molecule has 51 heavy (non-hydrogen) atoms. The van der Waals surface area contributed by atoms with Crippen LogP contribution in [0.1, 0.15) is 67.7 Å². The fourth-order valence-electron chi connectivity index (χ4n) is 3.47. The molecular weight excluding hydrogens is 1360 g/mol. The molecule has 10 N–H and O–H groups in total. The van der Waals surface area contributed by atoms with Crippen LogP contribution in [0.5, 0.6) is 0 Å². The molecule has 0 saturated heterocycles. The van der Waals surface area contributed by atoms with Gasteiger partial charge in [0, 0.05) is 40.4 Å². The predicted molar refractivity (Wildman–Crippen MR) is 236 cm³/mol. The van der Waals surface area contributed by atoms with Crippen LogP contribution in [0.2, 0.25) is 0 Å². The summed E-state index contributed by atoms with van der Waals surface area (Å²) in [5.74, 6) is -4.71. The molecule has 0 saturated carbocycles. The van der Waals surface area contributed by atoms with E-state index in [1.807, 2.05) is 136 Å². The van der Waals surface area contributed by atoms with Crippen LogP contribution in [0, 0.1) is 21.4 Å². The molecule has 4 amide bonds. The van der Waals surface area contributed by atoms with E-state index in [1.165, 1.54) is 27.7 Å². The van der Waals surface area contributed by atoms with Gasteiger partial charge in [0.15, 0.2) is 0 Å². The SMILES string of the molecule is CC(=O)Nc1c(I)c(NC(C)=O)c(I)c(C(=O)O)c1I.CC(=O)Nc1c(I)c(NC(C)=O)c(I)c(C(=O)[O-])c1I.NCCCCC(N)C(=O)O.[Na+]. The monoisotopic (exact) mass is 1400 g/mol. The Kier molecular flexibility index (Phi) is 27.1. The van der Waals surface area contributed by atoms with Crippen molar-refractivity contribution in [1.29, 1.82) is 0 Å². The summed E-state index contributed by atoms with van der Waals surface area (Å²) < 4.78 is 2.72. The number of benzene rings is 2. The first-order valence-electron chi connectivity index (χ1n) is 13.7. The number of carboxylic acids is 3. The first-order valence-corrected chi connectivity index (χ1v) is 20.1. The number of rotatable bonds is 11. The van der Waals surface area contributed by atoms with E-state index in [4.69, 9.17) is 16.6 Å². The summed E-state index contributed by atoms with van der Waals surface area (Å²) in [4.78, 5) is 77.8. The van der Waals surface area contributed by atoms with E-state index in [0.29, 0.717) is 57.1 Å². The summed E-state index contributed by atoms with van der Waals surface area (Å²) in [5, 5.41) is 39.3. The van der Waals surface area contributed by atoms with Crippen LogP contribution in [-0.4, -0.2) is 64.3 Å². The van der Waals surface area contributed by atoms with E-state index in [0.717, 1.165) is 12.8 Å². The normalized spacial score (nSPS) is 10.4. The van der Waals surface area contributed by atoms with Gasteiger partial charge < -0.3 is 52.8 Å². The van der Waals surface area contributed by atoms with Gasteiger partial charge in [-0.05, 0) is 155 Å². The summed E-state index contributed by atoms with van der Waals surface area (Å²) in [6.45, 7) is 5.92. The minimum absolute atomic E-state index is 0. The number of nitrogens with one attached hydrogen (secondary N) is 4. The number of aromatic carboxylic acids is 2. The van der Waals surface area contributed by atoms with Gasteiger partial charge >= 0.3 is 41.5 Å². The Morgan fingerprint density at radius 1 is 0.608 bits per heavy atom. The number of anilines is 4. The molecule has 0 spiro atoms. The molecule has 2 rings (SSSR count). The van der Waals surface area contributed by atoms with E-state index in [9.17, 15) is 43.8 Å². The van der Waals surface area contributed by atoms with Crippen LogP contribution in [0.4, 0.5) is 22.7 Å². The second kappa shape index (κ2) is 26.0. The molecule has 2 aromatic carbocycles. The molecule has 2 aromatic rings. The van der Waals surface area contributed by atoms with Crippen LogP contribution in [0.15, 0.2) is 0 Å². The molecule has 0 aromatic heterocycles. The van der Waals surface area contributed by atoms with E-state index in [2.05, 4.69) is 21.3 Å². The average Bonchev–Trinajstić information content (AvgIpc) is 2.98. The zero-order chi connectivity index (χ0) is 39.2. The number of carbonyl (C=O) groups is 7. The summed E-state index contributed by atoms with van der Waals surface area (Å²) in [5.41, 5.74) is 11.9. The maximum Gasteiger partial charge on any atom is 1.00 e. The number of nitrogens with two attached hydrogens (primary N) is 2. The average molecular weight is 1400 g/mol. The quantitative estimate of drug-likeness (QED) is 0.0902. The van der Waals surface area contributed by atoms with Gasteiger partial charge in [-0.2, -0.15) is 0 Å². The molecular formula is C28H31I6N6NaO10. The predicted octanol–water partition coefficient (Wildman–Crippen LogP) is 1.43. The number of carboxylic acid groups (broad SMARTS) is 3. The topological polar surface area (TPSA) is 283 Å². The first-order chi connectivity index (χ1) is 23.0. The van der Waals surface area contributed by atoms with E-state index in [1.54, 1.807) is 0 Å². The Hall–Kier alpha value is 0.0300. The molecule has 23 heteroatoms. The zero-order valence-corrected chi connectivity index (χ0v) is 42.4. The molecule has 0 aliphatic carbocycles. The van der Waals surface area contributed by atoms with Gasteiger partial charge in [0.25, 0.3) is 0 Å². The number of aliphatic carboxylic acids is 1. The second-order valence-electron chi connectivity index (χ2n) is 9.68. The van der Waals surface area contributed by atoms with Gasteiger partial charge in [0.2, 0.25) is 23.6 Å². The van der Waals surface area contributed by atoms with Gasteiger partial charge in [-0.3, -0.25) is 24.0 Å². The molecule has 0 heterocycles. The van der Waals surface area contributed by atoms with Gasteiger partial charge in [0.1, 0.15) is 6.04 Å². The van der Waals surface area contributed by atoms with Crippen molar-refractivity contribution >= 4 is 200 Å². The van der Waals surface area contributed by atoms with Crippen molar-refractivity contribution < 1.29 is 78.4 Å². The molecule has 0 radical (unpaired) electrons. The minimum atomic E-state index is -1.37. The molecule has 276 valence electrons. The van der Waals surface area contributed by atoms with E-state index in [-0.39, 0.29) is 64.3 Å². The number of hydrogen-bond donors (Lipinski definition) is 8. The van der Waals surface area contributed by atoms with Crippen LogP contribution in [-0.2, 0) is 24.0 Å². The third kappa shape index (κ3) is 17.6. The van der Waals surface area contributed by atoms with Gasteiger partial charge in [-0.15, -0.1) is 0 Å². The minimum Gasteiger partial charge on any atom is -0.545 e. The summed E-state index contributed by atoms with van der Waals surface area (Å²) in [6, 6.07) is -0.716. The molecule has 1 unspecified atom stereocenters. The molecule has 0 fully saturated rings. The smallest absolute Gasteiger partial charge is 0.545 e. The zero-order valence-electron chi connectivity index (χ0n) is 27.5. The summed E-state index contributed by atoms with van der Waals surface area (Å²) in [7, 11) is 0. The standard InChI is InChI=1S/2C11H9I3N2O4.C6H14N2O2.Na/c2*1-3(17)15-9-6(12)5(11(19)20)7(13)10(8(9)14)16-4(2)18;7-4-2-1-3-5(8)6(9)10;/h2*1-2H3,(H,15,17)(H,16,18)(H,19,20);5H,1-4,7-8H2,(H,9,10);/q;;;+1/p-1. The Balaban J connectivity index is 0. The van der Waals surface area contributed by atoms with Crippen molar-refractivity contribution in [3.63, 3.8) is 0 Å². The number of unbranched alkanes of at least 4 members (excludes halogenated alkanes) is 1. The number of amides is 4. The van der Waals surface area contributed by atoms with Gasteiger partial charge in [0.05, 0.1) is 48.6 Å².